The van der Waals surface area contributed by atoms with Crippen molar-refractivity contribution in [3.05, 3.63) is 76.3 Å². The Morgan fingerprint density at radius 3 is 2.36 bits per heavy atom. The molecule has 39 heavy (non-hydrogen) atoms. The molecule has 1 aliphatic heterocycles. The smallest absolute Gasteiger partial charge is 0.276 e. The lowest BCUT2D eigenvalue weighted by Crippen LogP contribution is -2.35. The Labute approximate surface area is 224 Å². The van der Waals surface area contributed by atoms with Crippen LogP contribution in [0.2, 0.25) is 0 Å². The molecular formula is C28H31F2N7O2. The molecule has 0 aliphatic carbocycles. The number of carbonyl (C=O) groups is 1. The van der Waals surface area contributed by atoms with Gasteiger partial charge in [0.05, 0.1) is 22.4 Å². The highest BCUT2D eigenvalue weighted by Gasteiger charge is 2.38. The summed E-state index contributed by atoms with van der Waals surface area (Å²) in [5.41, 5.74) is 6.45. The van der Waals surface area contributed by atoms with Gasteiger partial charge < -0.3 is 16.0 Å². The first-order valence-corrected chi connectivity index (χ1v) is 12.7. The molecule has 0 bridgehead atoms. The number of halogens is 2. The zero-order valence-electron chi connectivity index (χ0n) is 22.5. The third kappa shape index (κ3) is 4.78. The summed E-state index contributed by atoms with van der Waals surface area (Å²) in [6, 6.07) is 8.97. The first-order valence-electron chi connectivity index (χ1n) is 12.7. The number of rotatable bonds is 4. The minimum absolute atomic E-state index is 0.0881. The number of nitrogens with zero attached hydrogens (tertiary/aromatic N) is 5. The Hall–Kier alpha value is -4.12. The van der Waals surface area contributed by atoms with Gasteiger partial charge in [-0.25, -0.2) is 8.78 Å². The third-order valence-electron chi connectivity index (χ3n) is 7.11. The summed E-state index contributed by atoms with van der Waals surface area (Å²) >= 11 is 0. The van der Waals surface area contributed by atoms with E-state index in [0.29, 0.717) is 23.5 Å². The Morgan fingerprint density at radius 1 is 1.05 bits per heavy atom. The van der Waals surface area contributed by atoms with E-state index in [4.69, 9.17) is 10.8 Å². The lowest BCUT2D eigenvalue weighted by atomic mass is 9.89. The quantitative estimate of drug-likeness (QED) is 0.408. The molecule has 2 aromatic heterocycles. The van der Waals surface area contributed by atoms with Crippen LogP contribution in [-0.4, -0.2) is 44.6 Å². The maximum atomic E-state index is 14.4. The van der Waals surface area contributed by atoms with Crippen molar-refractivity contribution in [2.75, 3.05) is 23.3 Å². The summed E-state index contributed by atoms with van der Waals surface area (Å²) in [5, 5.41) is 12.5. The minimum atomic E-state index is -0.973. The number of nitrogens with one attached hydrogen (secondary N) is 1. The number of aromatic nitrogens is 4. The molecule has 0 radical (unpaired) electrons. The Kier molecular flexibility index (Phi) is 6.29. The summed E-state index contributed by atoms with van der Waals surface area (Å²) in [7, 11) is 0. The van der Waals surface area contributed by atoms with Crippen LogP contribution in [0.1, 0.15) is 45.1 Å². The number of para-hydroxylation sites is 1. The topological polar surface area (TPSA) is 111 Å². The van der Waals surface area contributed by atoms with Gasteiger partial charge in [-0.2, -0.15) is 14.9 Å². The van der Waals surface area contributed by atoms with E-state index in [1.54, 1.807) is 6.07 Å². The second-order valence-electron chi connectivity index (χ2n) is 11.6. The summed E-state index contributed by atoms with van der Waals surface area (Å²) in [5.74, 6) is -2.59. The van der Waals surface area contributed by atoms with Crippen molar-refractivity contribution in [2.45, 2.75) is 46.2 Å². The van der Waals surface area contributed by atoms with E-state index in [1.807, 2.05) is 16.9 Å². The maximum Gasteiger partial charge on any atom is 0.276 e. The normalized spacial score (nSPS) is 17.1. The highest BCUT2D eigenvalue weighted by atomic mass is 19.1. The minimum Gasteiger partial charge on any atom is -0.367 e. The SMILES string of the molecule is CC1(C)CN(c2c(NC(=O)c3ccc(=O)n(-c4c(F)cccc4F)n3)ccc3nn(C(C)(C)C)cc23)C[C@H]1N. The number of fused-ring (bicyclic) bond motifs is 1. The molecule has 0 spiro atoms. The Bertz CT molecular complexity index is 1630. The molecule has 1 fully saturated rings. The molecule has 5 rings (SSSR count). The Morgan fingerprint density at radius 2 is 1.74 bits per heavy atom. The number of carbonyl (C=O) groups excluding carboxylic acids is 1. The van der Waals surface area contributed by atoms with Crippen LogP contribution in [0.25, 0.3) is 16.6 Å². The van der Waals surface area contributed by atoms with Crippen LogP contribution in [0.5, 0.6) is 0 Å². The van der Waals surface area contributed by atoms with E-state index in [1.165, 1.54) is 12.1 Å². The van der Waals surface area contributed by atoms with Gasteiger partial charge in [-0.05, 0) is 56.5 Å². The zero-order chi connectivity index (χ0) is 28.3. The summed E-state index contributed by atoms with van der Waals surface area (Å²) in [6.07, 6.45) is 1.95. The molecule has 2 aromatic carbocycles. The molecular weight excluding hydrogens is 504 g/mol. The monoisotopic (exact) mass is 535 g/mol. The van der Waals surface area contributed by atoms with Crippen molar-refractivity contribution in [3.8, 4) is 5.69 Å². The standard InChI is InChI=1S/C28H31F2N7O2/c1-27(2,3)36-13-16-19(33-36)9-10-20(24(16)35-14-22(31)28(4,5)15-35)32-26(39)21-11-12-23(38)37(34-21)25-17(29)7-6-8-18(25)30/h6-13,22H,14-15,31H2,1-5H3,(H,32,39)/t22-/m1/s1. The van der Waals surface area contributed by atoms with Crippen molar-refractivity contribution in [2.24, 2.45) is 11.1 Å². The van der Waals surface area contributed by atoms with Gasteiger partial charge in [-0.3, -0.25) is 14.3 Å². The first-order chi connectivity index (χ1) is 18.3. The van der Waals surface area contributed by atoms with Crippen molar-refractivity contribution in [1.29, 1.82) is 0 Å². The molecule has 204 valence electrons. The third-order valence-corrected chi connectivity index (χ3v) is 7.11. The molecule has 0 saturated carbocycles. The van der Waals surface area contributed by atoms with Crippen molar-refractivity contribution >= 4 is 28.2 Å². The number of amides is 1. The van der Waals surface area contributed by atoms with Gasteiger partial charge in [-0.15, -0.1) is 0 Å². The summed E-state index contributed by atoms with van der Waals surface area (Å²) in [4.78, 5) is 28.0. The van der Waals surface area contributed by atoms with Crippen molar-refractivity contribution in [1.82, 2.24) is 19.6 Å². The van der Waals surface area contributed by atoms with Gasteiger partial charge in [-0.1, -0.05) is 19.9 Å². The lowest BCUT2D eigenvalue weighted by Gasteiger charge is -2.25. The first kappa shape index (κ1) is 26.5. The molecule has 4 aromatic rings. The second-order valence-corrected chi connectivity index (χ2v) is 11.6. The van der Waals surface area contributed by atoms with Crippen LogP contribution in [0.15, 0.2) is 53.5 Å². The number of hydrogen-bond donors (Lipinski definition) is 2. The van der Waals surface area contributed by atoms with Gasteiger partial charge in [0.15, 0.2) is 11.6 Å². The van der Waals surface area contributed by atoms with Crippen LogP contribution >= 0.6 is 0 Å². The number of nitrogens with two attached hydrogens (primary N) is 1. The average molecular weight is 536 g/mol. The van der Waals surface area contributed by atoms with Crippen molar-refractivity contribution in [3.63, 3.8) is 0 Å². The van der Waals surface area contributed by atoms with Gasteiger partial charge in [0.1, 0.15) is 11.4 Å². The fraction of sp³-hybridized carbons (Fsp3) is 0.357. The van der Waals surface area contributed by atoms with E-state index >= 15 is 0 Å². The summed E-state index contributed by atoms with van der Waals surface area (Å²) in [6.45, 7) is 11.6. The Balaban J connectivity index is 1.58. The van der Waals surface area contributed by atoms with E-state index in [9.17, 15) is 18.4 Å². The second kappa shape index (κ2) is 9.26. The van der Waals surface area contributed by atoms with Gasteiger partial charge in [0, 0.05) is 36.8 Å². The van der Waals surface area contributed by atoms with Crippen molar-refractivity contribution < 1.29 is 13.6 Å². The fourth-order valence-electron chi connectivity index (χ4n) is 4.76. The fourth-order valence-corrected chi connectivity index (χ4v) is 4.76. The maximum absolute atomic E-state index is 14.4. The average Bonchev–Trinajstić information content (AvgIpc) is 3.40. The number of anilines is 2. The largest absolute Gasteiger partial charge is 0.367 e. The molecule has 1 saturated heterocycles. The number of hydrogen-bond acceptors (Lipinski definition) is 6. The molecule has 3 heterocycles. The predicted octanol–water partition coefficient (Wildman–Crippen LogP) is 4.04. The van der Waals surface area contributed by atoms with E-state index in [0.717, 1.165) is 34.8 Å². The van der Waals surface area contributed by atoms with Crippen LogP contribution in [0, 0.1) is 17.0 Å². The van der Waals surface area contributed by atoms with Gasteiger partial charge >= 0.3 is 0 Å². The van der Waals surface area contributed by atoms with E-state index in [2.05, 4.69) is 49.9 Å². The highest BCUT2D eigenvalue weighted by Crippen LogP contribution is 2.40. The lowest BCUT2D eigenvalue weighted by molar-refractivity contribution is 0.102. The van der Waals surface area contributed by atoms with E-state index < -0.39 is 28.8 Å². The van der Waals surface area contributed by atoms with Crippen LogP contribution in [0.4, 0.5) is 20.2 Å². The van der Waals surface area contributed by atoms with Crippen LogP contribution in [0.3, 0.4) is 0 Å². The molecule has 1 amide bonds. The van der Waals surface area contributed by atoms with Gasteiger partial charge in [0.25, 0.3) is 11.5 Å². The molecule has 1 aliphatic rings. The predicted molar refractivity (Wildman–Crippen MR) is 146 cm³/mol. The van der Waals surface area contributed by atoms with Crippen LogP contribution < -0.4 is 21.5 Å². The zero-order valence-corrected chi connectivity index (χ0v) is 22.5. The highest BCUT2D eigenvalue weighted by molar-refractivity contribution is 6.08. The summed E-state index contributed by atoms with van der Waals surface area (Å²) < 4.78 is 31.2. The molecule has 3 N–H and O–H groups in total. The molecule has 11 heteroatoms. The van der Waals surface area contributed by atoms with Crippen LogP contribution in [-0.2, 0) is 5.54 Å². The molecule has 0 unspecified atom stereocenters. The van der Waals surface area contributed by atoms with E-state index in [-0.39, 0.29) is 22.7 Å². The molecule has 1 atom stereocenters. The van der Waals surface area contributed by atoms with Gasteiger partial charge in [0.2, 0.25) is 0 Å². The number of benzene rings is 2. The molecule has 9 nitrogen and oxygen atoms in total.